The molecule has 0 radical (unpaired) electrons. The van der Waals surface area contributed by atoms with Crippen LogP contribution in [-0.4, -0.2) is 13.2 Å². The molecule has 0 fully saturated rings. The van der Waals surface area contributed by atoms with Gasteiger partial charge >= 0.3 is 8.60 Å². The number of rotatable bonds is 24. The van der Waals surface area contributed by atoms with Crippen LogP contribution in [0.1, 0.15) is 136 Å². The molecule has 0 aliphatic heterocycles. The van der Waals surface area contributed by atoms with Gasteiger partial charge in [-0.15, -0.1) is 0 Å². The van der Waals surface area contributed by atoms with Crippen molar-refractivity contribution >= 4 is 8.60 Å². The second-order valence-corrected chi connectivity index (χ2v) is 12.1. The highest BCUT2D eigenvalue weighted by Crippen LogP contribution is 2.41. The maximum Gasteiger partial charge on any atom is 0.397 e. The average molecular weight is 509 g/mol. The molecule has 0 heterocycles. The Balaban J connectivity index is 2.37. The molecule has 35 heavy (non-hydrogen) atoms. The van der Waals surface area contributed by atoms with Gasteiger partial charge in [-0.3, -0.25) is 0 Å². The van der Waals surface area contributed by atoms with Crippen molar-refractivity contribution in [3.05, 3.63) is 29.8 Å². The zero-order chi connectivity index (χ0) is 25.6. The first kappa shape index (κ1) is 32.4. The molecule has 0 spiro atoms. The van der Waals surface area contributed by atoms with Crippen molar-refractivity contribution in [2.45, 2.75) is 137 Å². The summed E-state index contributed by atoms with van der Waals surface area (Å²) in [5.41, 5.74) is 1.40. The normalized spacial score (nSPS) is 11.8. The third kappa shape index (κ3) is 20.1. The van der Waals surface area contributed by atoms with Crippen molar-refractivity contribution in [3.8, 4) is 5.75 Å². The Bertz CT molecular complexity index is 553. The van der Waals surface area contributed by atoms with Crippen LogP contribution in [0.25, 0.3) is 0 Å². The van der Waals surface area contributed by atoms with Gasteiger partial charge in [0.25, 0.3) is 0 Å². The standard InChI is InChI=1S/C31H57O3P/c1-6-7-8-9-10-11-16-21-30-22-24-31(25-23-30)34-35(32-26-17-12-14-19-28(2)3)33-27-18-13-15-20-29(4)5/h22-25,28-29H,6-21,26-27H2,1-5H3. The molecule has 1 aromatic rings. The Labute approximate surface area is 220 Å². The van der Waals surface area contributed by atoms with Crippen LogP contribution < -0.4 is 4.52 Å². The van der Waals surface area contributed by atoms with Crippen LogP contribution in [0.3, 0.4) is 0 Å². The van der Waals surface area contributed by atoms with E-state index in [9.17, 15) is 0 Å². The summed E-state index contributed by atoms with van der Waals surface area (Å²) in [6, 6.07) is 8.59. The van der Waals surface area contributed by atoms with Crippen molar-refractivity contribution < 1.29 is 13.6 Å². The molecule has 0 amide bonds. The zero-order valence-electron chi connectivity index (χ0n) is 23.9. The molecule has 0 aromatic heterocycles. The fourth-order valence-corrected chi connectivity index (χ4v) is 5.15. The number of hydrogen-bond acceptors (Lipinski definition) is 3. The molecule has 0 aliphatic rings. The maximum absolute atomic E-state index is 6.16. The maximum atomic E-state index is 6.16. The van der Waals surface area contributed by atoms with Gasteiger partial charge in [0.1, 0.15) is 5.75 Å². The van der Waals surface area contributed by atoms with Crippen molar-refractivity contribution in [2.24, 2.45) is 11.8 Å². The van der Waals surface area contributed by atoms with Gasteiger partial charge in [-0.05, 0) is 55.2 Å². The quantitative estimate of drug-likeness (QED) is 0.103. The van der Waals surface area contributed by atoms with Crippen LogP contribution in [-0.2, 0) is 15.5 Å². The average Bonchev–Trinajstić information content (AvgIpc) is 2.83. The number of aryl methyl sites for hydroxylation is 1. The van der Waals surface area contributed by atoms with Crippen molar-refractivity contribution in [3.63, 3.8) is 0 Å². The first-order chi connectivity index (χ1) is 17.0. The Hall–Kier alpha value is -0.630. The third-order valence-corrected chi connectivity index (χ3v) is 7.56. The second-order valence-electron chi connectivity index (χ2n) is 11.0. The molecule has 0 unspecified atom stereocenters. The van der Waals surface area contributed by atoms with Gasteiger partial charge in [0.15, 0.2) is 0 Å². The van der Waals surface area contributed by atoms with Gasteiger partial charge in [0, 0.05) is 0 Å². The van der Waals surface area contributed by atoms with E-state index in [1.54, 1.807) is 0 Å². The van der Waals surface area contributed by atoms with E-state index < -0.39 is 8.60 Å². The second kappa shape index (κ2) is 22.6. The summed E-state index contributed by atoms with van der Waals surface area (Å²) in [6.45, 7) is 12.9. The molecule has 1 rings (SSSR count). The van der Waals surface area contributed by atoms with Gasteiger partial charge in [0.2, 0.25) is 0 Å². The molecule has 0 aliphatic carbocycles. The lowest BCUT2D eigenvalue weighted by Crippen LogP contribution is -2.01. The fraction of sp³-hybridized carbons (Fsp3) is 0.806. The van der Waals surface area contributed by atoms with Crippen LogP contribution >= 0.6 is 8.60 Å². The van der Waals surface area contributed by atoms with Crippen LogP contribution in [0, 0.1) is 11.8 Å². The molecule has 0 saturated carbocycles. The highest BCUT2D eigenvalue weighted by molar-refractivity contribution is 7.42. The van der Waals surface area contributed by atoms with Gasteiger partial charge in [0.05, 0.1) is 13.2 Å². The van der Waals surface area contributed by atoms with E-state index in [2.05, 4.69) is 58.9 Å². The van der Waals surface area contributed by atoms with Crippen LogP contribution in [0.4, 0.5) is 0 Å². The predicted octanol–water partition coefficient (Wildman–Crippen LogP) is 11.1. The molecular weight excluding hydrogens is 451 g/mol. The number of hydrogen-bond donors (Lipinski definition) is 0. The first-order valence-corrected chi connectivity index (χ1v) is 15.9. The number of benzene rings is 1. The van der Waals surface area contributed by atoms with Crippen molar-refractivity contribution in [1.82, 2.24) is 0 Å². The summed E-state index contributed by atoms with van der Waals surface area (Å²) in [7, 11) is -1.33. The summed E-state index contributed by atoms with van der Waals surface area (Å²) in [5.74, 6) is 2.42. The predicted molar refractivity (Wildman–Crippen MR) is 154 cm³/mol. The van der Waals surface area contributed by atoms with E-state index in [4.69, 9.17) is 13.6 Å². The number of unbranched alkanes of at least 4 members (excludes halogenated alkanes) is 10. The molecule has 4 heteroatoms. The molecule has 204 valence electrons. The summed E-state index contributed by atoms with van der Waals surface area (Å²) in [5, 5.41) is 0. The van der Waals surface area contributed by atoms with Gasteiger partial charge in [-0.2, -0.15) is 0 Å². The Morgan fingerprint density at radius 2 is 1.09 bits per heavy atom. The van der Waals surface area contributed by atoms with Gasteiger partial charge in [-0.25, -0.2) is 0 Å². The lowest BCUT2D eigenvalue weighted by atomic mass is 10.0. The minimum absolute atomic E-state index is 0.716. The van der Waals surface area contributed by atoms with Gasteiger partial charge < -0.3 is 13.6 Å². The summed E-state index contributed by atoms with van der Waals surface area (Å²) in [6.07, 6.45) is 20.3. The molecule has 3 nitrogen and oxygen atoms in total. The first-order valence-electron chi connectivity index (χ1n) is 14.8. The van der Waals surface area contributed by atoms with Gasteiger partial charge in [-0.1, -0.05) is 124 Å². The molecular formula is C31H57O3P. The molecule has 0 N–H and O–H groups in total. The van der Waals surface area contributed by atoms with E-state index in [1.165, 1.54) is 89.0 Å². The fourth-order valence-electron chi connectivity index (χ4n) is 4.12. The smallest absolute Gasteiger partial charge is 0.397 e. The SMILES string of the molecule is CCCCCCCCCc1ccc(OP(OCCCCCC(C)C)OCCCCCC(C)C)cc1. The van der Waals surface area contributed by atoms with Crippen LogP contribution in [0.5, 0.6) is 5.75 Å². The molecule has 1 aromatic carbocycles. The Morgan fingerprint density at radius 1 is 0.600 bits per heavy atom. The lowest BCUT2D eigenvalue weighted by molar-refractivity contribution is 0.198. The minimum atomic E-state index is -1.33. The molecule has 0 bridgehead atoms. The monoisotopic (exact) mass is 508 g/mol. The lowest BCUT2D eigenvalue weighted by Gasteiger charge is -2.18. The van der Waals surface area contributed by atoms with Crippen LogP contribution in [0.2, 0.25) is 0 Å². The topological polar surface area (TPSA) is 27.7 Å². The highest BCUT2D eigenvalue weighted by Gasteiger charge is 2.15. The van der Waals surface area contributed by atoms with E-state index in [0.29, 0.717) is 13.2 Å². The van der Waals surface area contributed by atoms with Crippen LogP contribution in [0.15, 0.2) is 24.3 Å². The summed E-state index contributed by atoms with van der Waals surface area (Å²) >= 11 is 0. The van der Waals surface area contributed by atoms with E-state index >= 15 is 0 Å². The summed E-state index contributed by atoms with van der Waals surface area (Å²) < 4.78 is 18.3. The Kier molecular flexibility index (Phi) is 20.9. The van der Waals surface area contributed by atoms with E-state index in [0.717, 1.165) is 36.8 Å². The molecule has 0 saturated heterocycles. The highest BCUT2D eigenvalue weighted by atomic mass is 31.2. The molecule has 0 atom stereocenters. The minimum Gasteiger partial charge on any atom is -0.427 e. The summed E-state index contributed by atoms with van der Waals surface area (Å²) in [4.78, 5) is 0. The zero-order valence-corrected chi connectivity index (χ0v) is 24.8. The van der Waals surface area contributed by atoms with Crippen molar-refractivity contribution in [2.75, 3.05) is 13.2 Å². The van der Waals surface area contributed by atoms with Crippen molar-refractivity contribution in [1.29, 1.82) is 0 Å². The van der Waals surface area contributed by atoms with E-state index in [1.807, 2.05) is 0 Å². The third-order valence-electron chi connectivity index (χ3n) is 6.42. The largest absolute Gasteiger partial charge is 0.427 e. The van der Waals surface area contributed by atoms with E-state index in [-0.39, 0.29) is 0 Å². The Morgan fingerprint density at radius 3 is 1.60 bits per heavy atom.